The lowest BCUT2D eigenvalue weighted by molar-refractivity contribution is 0.0891. The second-order valence-electron chi connectivity index (χ2n) is 7.49. The quantitative estimate of drug-likeness (QED) is 0.508. The van der Waals surface area contributed by atoms with Gasteiger partial charge in [-0.2, -0.15) is 10.4 Å². The van der Waals surface area contributed by atoms with Gasteiger partial charge in [0, 0.05) is 34.9 Å². The van der Waals surface area contributed by atoms with Gasteiger partial charge in [-0.1, -0.05) is 0 Å². The number of hydrogen-bond acceptors (Lipinski definition) is 6. The van der Waals surface area contributed by atoms with E-state index in [1.54, 1.807) is 21.6 Å². The molecule has 8 nitrogen and oxygen atoms in total. The zero-order chi connectivity index (χ0) is 21.4. The van der Waals surface area contributed by atoms with E-state index < -0.39 is 5.82 Å². The standard InChI is InChI=1S/C22H18FN7O/c23-18-12-25-22(28-20(18)16-11-26-29(13-16)8-1-7-24)27-17-4-5-19-15(10-17)6-9-30(19)21(31)14-2-3-14/h4-6,9-14H,1-3,8H2,(H,25,27,28). The number of nitriles is 1. The lowest BCUT2D eigenvalue weighted by Gasteiger charge is -2.08. The molecule has 1 aromatic carbocycles. The lowest BCUT2D eigenvalue weighted by Crippen LogP contribution is -2.10. The van der Waals surface area contributed by atoms with Crippen LogP contribution < -0.4 is 5.32 Å². The highest BCUT2D eigenvalue weighted by atomic mass is 19.1. The van der Waals surface area contributed by atoms with Crippen LogP contribution in [0.4, 0.5) is 16.0 Å². The van der Waals surface area contributed by atoms with E-state index in [1.165, 1.54) is 6.20 Å². The normalized spacial score (nSPS) is 13.3. The summed E-state index contributed by atoms with van der Waals surface area (Å²) in [6, 6.07) is 9.56. The number of fused-ring (bicyclic) bond motifs is 1. The van der Waals surface area contributed by atoms with E-state index in [4.69, 9.17) is 5.26 Å². The molecule has 0 bridgehead atoms. The summed E-state index contributed by atoms with van der Waals surface area (Å²) in [7, 11) is 0. The predicted octanol–water partition coefficient (Wildman–Crippen LogP) is 4.14. The molecule has 0 unspecified atom stereocenters. The van der Waals surface area contributed by atoms with Crippen LogP contribution in [0.15, 0.2) is 49.1 Å². The van der Waals surface area contributed by atoms with Crippen molar-refractivity contribution in [1.29, 1.82) is 5.26 Å². The Morgan fingerprint density at radius 1 is 1.29 bits per heavy atom. The Morgan fingerprint density at radius 3 is 2.97 bits per heavy atom. The number of rotatable bonds is 6. The van der Waals surface area contributed by atoms with Crippen molar-refractivity contribution in [3.63, 3.8) is 0 Å². The molecule has 31 heavy (non-hydrogen) atoms. The van der Waals surface area contributed by atoms with Crippen molar-refractivity contribution in [2.45, 2.75) is 25.8 Å². The molecule has 3 aromatic heterocycles. The molecular formula is C22H18FN7O. The number of aromatic nitrogens is 5. The summed E-state index contributed by atoms with van der Waals surface area (Å²) in [4.78, 5) is 20.7. The lowest BCUT2D eigenvalue weighted by atomic mass is 10.2. The molecule has 1 N–H and O–H groups in total. The molecule has 5 rings (SSSR count). The molecular weight excluding hydrogens is 397 g/mol. The van der Waals surface area contributed by atoms with Crippen LogP contribution in [0.3, 0.4) is 0 Å². The van der Waals surface area contributed by atoms with Gasteiger partial charge < -0.3 is 5.32 Å². The van der Waals surface area contributed by atoms with Crippen LogP contribution in [-0.4, -0.2) is 30.2 Å². The van der Waals surface area contributed by atoms with E-state index in [0.717, 1.165) is 35.6 Å². The Balaban J connectivity index is 1.39. The van der Waals surface area contributed by atoms with Gasteiger partial charge in [-0.25, -0.2) is 14.4 Å². The largest absolute Gasteiger partial charge is 0.324 e. The first kappa shape index (κ1) is 18.9. The molecule has 3 heterocycles. The fourth-order valence-electron chi connectivity index (χ4n) is 3.47. The number of nitrogens with one attached hydrogen (secondary N) is 1. The SMILES string of the molecule is N#CCCn1cc(-c2nc(Nc3ccc4c(ccn4C(=O)C4CC4)c3)ncc2F)cn1. The summed E-state index contributed by atoms with van der Waals surface area (Å²) >= 11 is 0. The monoisotopic (exact) mass is 415 g/mol. The van der Waals surface area contributed by atoms with E-state index in [2.05, 4.69) is 26.5 Å². The Hall–Kier alpha value is -4.06. The van der Waals surface area contributed by atoms with Gasteiger partial charge >= 0.3 is 0 Å². The second-order valence-corrected chi connectivity index (χ2v) is 7.49. The van der Waals surface area contributed by atoms with Gasteiger partial charge in [-0.05, 0) is 37.1 Å². The van der Waals surface area contributed by atoms with Crippen LogP contribution in [0.25, 0.3) is 22.2 Å². The summed E-state index contributed by atoms with van der Waals surface area (Å²) in [6.45, 7) is 0.428. The minimum absolute atomic E-state index is 0.128. The first-order chi connectivity index (χ1) is 15.1. The van der Waals surface area contributed by atoms with Crippen molar-refractivity contribution in [2.24, 2.45) is 5.92 Å². The third-order valence-electron chi connectivity index (χ3n) is 5.21. The van der Waals surface area contributed by atoms with E-state index in [1.807, 2.05) is 24.3 Å². The number of nitrogens with zero attached hydrogens (tertiary/aromatic N) is 6. The molecule has 4 aromatic rings. The van der Waals surface area contributed by atoms with E-state index in [0.29, 0.717) is 18.5 Å². The van der Waals surface area contributed by atoms with Crippen molar-refractivity contribution in [3.05, 3.63) is 54.9 Å². The average Bonchev–Trinajstić information content (AvgIpc) is 3.38. The first-order valence-electron chi connectivity index (χ1n) is 9.97. The Labute approximate surface area is 177 Å². The predicted molar refractivity (Wildman–Crippen MR) is 112 cm³/mol. The molecule has 1 aliphatic rings. The van der Waals surface area contributed by atoms with E-state index in [-0.39, 0.29) is 23.5 Å². The van der Waals surface area contributed by atoms with Gasteiger partial charge in [0.15, 0.2) is 5.82 Å². The topological polar surface area (TPSA) is 101 Å². The van der Waals surface area contributed by atoms with Gasteiger partial charge in [0.1, 0.15) is 5.69 Å². The summed E-state index contributed by atoms with van der Waals surface area (Å²) in [5.41, 5.74) is 2.22. The molecule has 9 heteroatoms. The Bertz CT molecular complexity index is 1330. The Kier molecular flexibility index (Phi) is 4.67. The van der Waals surface area contributed by atoms with Crippen LogP contribution in [0.1, 0.15) is 24.1 Å². The smallest absolute Gasteiger partial charge is 0.234 e. The molecule has 0 saturated heterocycles. The van der Waals surface area contributed by atoms with Crippen LogP contribution in [0, 0.1) is 23.1 Å². The molecule has 0 aliphatic heterocycles. The van der Waals surface area contributed by atoms with Gasteiger partial charge in [0.2, 0.25) is 11.9 Å². The summed E-state index contributed by atoms with van der Waals surface area (Å²) in [6.07, 6.45) is 8.30. The summed E-state index contributed by atoms with van der Waals surface area (Å²) in [5.74, 6) is -0.0354. The molecule has 1 saturated carbocycles. The van der Waals surface area contributed by atoms with Gasteiger partial charge in [0.25, 0.3) is 0 Å². The Morgan fingerprint density at radius 2 is 2.16 bits per heavy atom. The maximum absolute atomic E-state index is 14.3. The van der Waals surface area contributed by atoms with Crippen molar-refractivity contribution < 1.29 is 9.18 Å². The van der Waals surface area contributed by atoms with Crippen molar-refractivity contribution in [3.8, 4) is 17.3 Å². The minimum Gasteiger partial charge on any atom is -0.324 e. The first-order valence-corrected chi connectivity index (χ1v) is 9.97. The highest BCUT2D eigenvalue weighted by Crippen LogP contribution is 2.32. The van der Waals surface area contributed by atoms with Crippen molar-refractivity contribution >= 4 is 28.4 Å². The van der Waals surface area contributed by atoms with Crippen molar-refractivity contribution in [2.75, 3.05) is 5.32 Å². The maximum atomic E-state index is 14.3. The molecule has 154 valence electrons. The molecule has 1 aliphatic carbocycles. The van der Waals surface area contributed by atoms with Crippen molar-refractivity contribution in [1.82, 2.24) is 24.3 Å². The highest BCUT2D eigenvalue weighted by molar-refractivity contribution is 5.95. The molecule has 0 spiro atoms. The molecule has 1 fully saturated rings. The van der Waals surface area contributed by atoms with Crippen LogP contribution >= 0.6 is 0 Å². The molecule has 0 radical (unpaired) electrons. The highest BCUT2D eigenvalue weighted by Gasteiger charge is 2.31. The fourth-order valence-corrected chi connectivity index (χ4v) is 3.47. The fraction of sp³-hybridized carbons (Fsp3) is 0.227. The van der Waals surface area contributed by atoms with Gasteiger partial charge in [-0.3, -0.25) is 14.0 Å². The maximum Gasteiger partial charge on any atom is 0.234 e. The zero-order valence-corrected chi connectivity index (χ0v) is 16.5. The molecule has 0 atom stereocenters. The van der Waals surface area contributed by atoms with Crippen LogP contribution in [0.5, 0.6) is 0 Å². The summed E-state index contributed by atoms with van der Waals surface area (Å²) < 4.78 is 17.6. The third-order valence-corrected chi connectivity index (χ3v) is 5.21. The number of carbonyl (C=O) groups is 1. The van der Waals surface area contributed by atoms with Gasteiger partial charge in [0.05, 0.1) is 36.9 Å². The number of benzene rings is 1. The molecule has 0 amide bonds. The number of halogens is 1. The van der Waals surface area contributed by atoms with Crippen LogP contribution in [0.2, 0.25) is 0 Å². The second kappa shape index (κ2) is 7.65. The average molecular weight is 415 g/mol. The van der Waals surface area contributed by atoms with E-state index in [9.17, 15) is 9.18 Å². The summed E-state index contributed by atoms with van der Waals surface area (Å²) in [5, 5.41) is 16.8. The number of carbonyl (C=O) groups excluding carboxylic acids is 1. The van der Waals surface area contributed by atoms with Gasteiger partial charge in [-0.15, -0.1) is 0 Å². The minimum atomic E-state index is -0.559. The number of hydrogen-bond donors (Lipinski definition) is 1. The third kappa shape index (κ3) is 3.75. The van der Waals surface area contributed by atoms with E-state index >= 15 is 0 Å². The number of aryl methyl sites for hydroxylation is 1. The zero-order valence-electron chi connectivity index (χ0n) is 16.5. The van der Waals surface area contributed by atoms with Crippen LogP contribution in [-0.2, 0) is 6.54 Å². The number of anilines is 2.